The number of hydrogen-bond donors (Lipinski definition) is 1. The summed E-state index contributed by atoms with van der Waals surface area (Å²) >= 11 is 0. The minimum absolute atomic E-state index is 0.299. The highest BCUT2D eigenvalue weighted by molar-refractivity contribution is 5.62. The zero-order chi connectivity index (χ0) is 23.8. The van der Waals surface area contributed by atoms with Crippen LogP contribution in [-0.2, 0) is 6.42 Å². The predicted molar refractivity (Wildman–Crippen MR) is 130 cm³/mol. The predicted octanol–water partition coefficient (Wildman–Crippen LogP) is 3.50. The number of nitrogens with zero attached hydrogens (tertiary/aromatic N) is 7. The van der Waals surface area contributed by atoms with Gasteiger partial charge in [0.05, 0.1) is 12.1 Å². The lowest BCUT2D eigenvalue weighted by molar-refractivity contribution is 0.626. The van der Waals surface area contributed by atoms with Crippen molar-refractivity contribution in [2.75, 3.05) is 23.9 Å². The Morgan fingerprint density at radius 1 is 1.06 bits per heavy atom. The van der Waals surface area contributed by atoms with E-state index in [9.17, 15) is 4.39 Å². The molecular formula is C25H25FN8. The third-order valence-electron chi connectivity index (χ3n) is 5.67. The molecule has 0 saturated carbocycles. The molecule has 2 N–H and O–H groups in total. The van der Waals surface area contributed by atoms with Crippen LogP contribution in [0.5, 0.6) is 0 Å². The van der Waals surface area contributed by atoms with Crippen molar-refractivity contribution in [2.45, 2.75) is 19.4 Å². The van der Waals surface area contributed by atoms with Crippen LogP contribution in [0, 0.1) is 12.7 Å². The first-order valence-electron chi connectivity index (χ1n) is 10.9. The quantitative estimate of drug-likeness (QED) is 0.492. The van der Waals surface area contributed by atoms with Crippen molar-refractivity contribution in [3.8, 4) is 0 Å². The van der Waals surface area contributed by atoms with Crippen LogP contribution in [0.3, 0.4) is 0 Å². The minimum Gasteiger partial charge on any atom is -0.382 e. The van der Waals surface area contributed by atoms with Crippen LogP contribution >= 0.6 is 0 Å². The van der Waals surface area contributed by atoms with Gasteiger partial charge in [0, 0.05) is 37.9 Å². The topological polar surface area (TPSA) is 89.0 Å². The largest absolute Gasteiger partial charge is 0.382 e. The van der Waals surface area contributed by atoms with Crippen molar-refractivity contribution in [1.82, 2.24) is 24.7 Å². The summed E-state index contributed by atoms with van der Waals surface area (Å²) in [5.41, 5.74) is 9.94. The maximum atomic E-state index is 13.6. The second-order valence-electron chi connectivity index (χ2n) is 8.43. The summed E-state index contributed by atoms with van der Waals surface area (Å²) in [5, 5.41) is 4.70. The first-order chi connectivity index (χ1) is 16.4. The average molecular weight is 457 g/mol. The highest BCUT2D eigenvalue weighted by Crippen LogP contribution is 2.36. The molecule has 8 nitrogen and oxygen atoms in total. The van der Waals surface area contributed by atoms with E-state index in [4.69, 9.17) is 15.8 Å². The first kappa shape index (κ1) is 21.6. The van der Waals surface area contributed by atoms with Crippen LogP contribution in [0.4, 0.5) is 15.9 Å². The lowest BCUT2D eigenvalue weighted by atomic mass is 10.0. The molecule has 9 heteroatoms. The number of hydrogen-bond acceptors (Lipinski definition) is 7. The molecule has 34 heavy (non-hydrogen) atoms. The summed E-state index contributed by atoms with van der Waals surface area (Å²) < 4.78 is 15.3. The van der Waals surface area contributed by atoms with Gasteiger partial charge in [-0.15, -0.1) is 5.10 Å². The summed E-state index contributed by atoms with van der Waals surface area (Å²) in [7, 11) is 3.91. The molecule has 0 amide bonds. The standard InChI is InChI=1S/C25H25FN8/c1-16-13-17(11-12-28-16)24-25-30-22(14-19-5-4-6-23(29-19)32(2)3)31-34(25)21(27)15-33(24)20-9-7-18(26)8-10-20/h4-13,15,24H,14,27H2,1-3H3. The molecular weight excluding hydrogens is 431 g/mol. The lowest BCUT2D eigenvalue weighted by Gasteiger charge is -2.34. The van der Waals surface area contributed by atoms with Gasteiger partial charge >= 0.3 is 0 Å². The van der Waals surface area contributed by atoms with Crippen LogP contribution in [0.25, 0.3) is 5.82 Å². The molecule has 4 heterocycles. The van der Waals surface area contributed by atoms with E-state index in [1.807, 2.05) is 67.4 Å². The number of pyridine rings is 2. The monoisotopic (exact) mass is 456 g/mol. The fourth-order valence-electron chi connectivity index (χ4n) is 4.07. The zero-order valence-corrected chi connectivity index (χ0v) is 19.2. The molecule has 1 aliphatic rings. The number of anilines is 2. The van der Waals surface area contributed by atoms with Gasteiger partial charge < -0.3 is 15.5 Å². The van der Waals surface area contributed by atoms with E-state index < -0.39 is 0 Å². The fourth-order valence-corrected chi connectivity index (χ4v) is 4.07. The number of halogens is 1. The number of aryl methyl sites for hydroxylation is 1. The van der Waals surface area contributed by atoms with E-state index in [0.29, 0.717) is 23.9 Å². The van der Waals surface area contributed by atoms with Crippen molar-refractivity contribution in [1.29, 1.82) is 0 Å². The molecule has 0 fully saturated rings. The van der Waals surface area contributed by atoms with Crippen LogP contribution < -0.4 is 15.5 Å². The van der Waals surface area contributed by atoms with E-state index in [1.165, 1.54) is 12.1 Å². The molecule has 172 valence electrons. The second-order valence-corrected chi connectivity index (χ2v) is 8.43. The molecule has 0 radical (unpaired) electrons. The fraction of sp³-hybridized carbons (Fsp3) is 0.200. The lowest BCUT2D eigenvalue weighted by Crippen LogP contribution is -2.34. The Morgan fingerprint density at radius 2 is 1.85 bits per heavy atom. The van der Waals surface area contributed by atoms with Crippen molar-refractivity contribution < 1.29 is 4.39 Å². The van der Waals surface area contributed by atoms with Gasteiger partial charge in [0.25, 0.3) is 0 Å². The van der Waals surface area contributed by atoms with Gasteiger partial charge in [-0.1, -0.05) is 6.07 Å². The van der Waals surface area contributed by atoms with E-state index in [0.717, 1.165) is 28.5 Å². The van der Waals surface area contributed by atoms with Crippen molar-refractivity contribution in [2.24, 2.45) is 5.73 Å². The number of aromatic nitrogens is 5. The minimum atomic E-state index is -0.318. The van der Waals surface area contributed by atoms with Gasteiger partial charge in [-0.3, -0.25) is 4.98 Å². The number of nitrogens with two attached hydrogens (primary N) is 1. The summed E-state index contributed by atoms with van der Waals surface area (Å²) in [6.07, 6.45) is 4.05. The number of rotatable bonds is 5. The number of fused-ring (bicyclic) bond motifs is 1. The summed E-state index contributed by atoms with van der Waals surface area (Å²) in [4.78, 5) is 17.9. The van der Waals surface area contributed by atoms with E-state index in [1.54, 1.807) is 23.0 Å². The molecule has 3 aromatic heterocycles. The van der Waals surface area contributed by atoms with Crippen LogP contribution in [0.1, 0.15) is 34.6 Å². The molecule has 1 unspecified atom stereocenters. The Kier molecular flexibility index (Phi) is 5.45. The molecule has 0 spiro atoms. The third kappa shape index (κ3) is 4.07. The highest BCUT2D eigenvalue weighted by Gasteiger charge is 2.33. The van der Waals surface area contributed by atoms with E-state index >= 15 is 0 Å². The molecule has 5 rings (SSSR count). The highest BCUT2D eigenvalue weighted by atomic mass is 19.1. The zero-order valence-electron chi connectivity index (χ0n) is 19.2. The molecule has 0 bridgehead atoms. The Bertz CT molecular complexity index is 1360. The van der Waals surface area contributed by atoms with E-state index in [-0.39, 0.29) is 11.9 Å². The summed E-state index contributed by atoms with van der Waals surface area (Å²) in [6, 6.07) is 15.8. The molecule has 0 saturated heterocycles. The maximum Gasteiger partial charge on any atom is 0.161 e. The van der Waals surface area contributed by atoms with Crippen molar-refractivity contribution in [3.05, 3.63) is 101 Å². The second kappa shape index (κ2) is 8.58. The van der Waals surface area contributed by atoms with Gasteiger partial charge in [-0.25, -0.2) is 14.4 Å². The Hall–Kier alpha value is -4.27. The normalized spacial score (nSPS) is 15.1. The van der Waals surface area contributed by atoms with Gasteiger partial charge in [-0.2, -0.15) is 4.68 Å². The summed E-state index contributed by atoms with van der Waals surface area (Å²) in [6.45, 7) is 1.94. The van der Waals surface area contributed by atoms with Crippen molar-refractivity contribution >= 4 is 17.3 Å². The molecule has 4 aromatic rings. The van der Waals surface area contributed by atoms with Crippen LogP contribution in [-0.4, -0.2) is 38.8 Å². The molecule has 1 atom stereocenters. The molecule has 1 aliphatic heterocycles. The van der Waals surface area contributed by atoms with Gasteiger partial charge in [0.15, 0.2) is 11.6 Å². The summed E-state index contributed by atoms with van der Waals surface area (Å²) in [5.74, 6) is 2.29. The average Bonchev–Trinajstić information content (AvgIpc) is 3.23. The van der Waals surface area contributed by atoms with Crippen LogP contribution in [0.2, 0.25) is 0 Å². The van der Waals surface area contributed by atoms with Crippen LogP contribution in [0.15, 0.2) is 67.0 Å². The van der Waals surface area contributed by atoms with Crippen molar-refractivity contribution in [3.63, 3.8) is 0 Å². The van der Waals surface area contributed by atoms with Gasteiger partial charge in [-0.05, 0) is 61.0 Å². The maximum absolute atomic E-state index is 13.6. The van der Waals surface area contributed by atoms with Gasteiger partial charge in [0.2, 0.25) is 0 Å². The number of benzene rings is 1. The third-order valence-corrected chi connectivity index (χ3v) is 5.67. The Balaban J connectivity index is 1.59. The molecule has 0 aliphatic carbocycles. The Morgan fingerprint density at radius 3 is 2.59 bits per heavy atom. The van der Waals surface area contributed by atoms with E-state index in [2.05, 4.69) is 9.97 Å². The molecule has 1 aromatic carbocycles. The van der Waals surface area contributed by atoms with Gasteiger partial charge in [0.1, 0.15) is 23.5 Å². The smallest absolute Gasteiger partial charge is 0.161 e. The SMILES string of the molecule is Cc1cc(C2c3nc(Cc4cccc(N(C)C)n4)nn3C(N)=CN2c2ccc(F)cc2)ccn1. The first-order valence-corrected chi connectivity index (χ1v) is 10.9. The Labute approximate surface area is 197 Å².